The van der Waals surface area contributed by atoms with Crippen molar-refractivity contribution in [1.82, 2.24) is 9.97 Å². The number of hydrogen-bond donors (Lipinski definition) is 0. The zero-order chi connectivity index (χ0) is 23.0. The maximum absolute atomic E-state index is 9.38. The first kappa shape index (κ1) is 21.5. The summed E-state index contributed by atoms with van der Waals surface area (Å²) in [6.45, 7) is 12.4. The zero-order valence-corrected chi connectivity index (χ0v) is 19.5. The molecule has 4 aromatic rings. The highest BCUT2D eigenvalue weighted by Crippen LogP contribution is 2.34. The molecule has 3 aromatic carbocycles. The molecular weight excluding hydrogens is 390 g/mol. The molecule has 1 heterocycles. The Morgan fingerprint density at radius 3 is 1.69 bits per heavy atom. The van der Waals surface area contributed by atoms with Crippen molar-refractivity contribution in [2.75, 3.05) is 0 Å². The maximum atomic E-state index is 9.38. The summed E-state index contributed by atoms with van der Waals surface area (Å²) in [5.41, 5.74) is 13.2. The van der Waals surface area contributed by atoms with Gasteiger partial charge in [-0.2, -0.15) is 5.26 Å². The van der Waals surface area contributed by atoms with Gasteiger partial charge in [0.1, 0.15) is 0 Å². The van der Waals surface area contributed by atoms with Gasteiger partial charge in [0.15, 0.2) is 0 Å². The normalized spacial score (nSPS) is 10.8. The summed E-state index contributed by atoms with van der Waals surface area (Å²) in [7, 11) is 0. The fourth-order valence-electron chi connectivity index (χ4n) is 4.37. The average Bonchev–Trinajstić information content (AvgIpc) is 2.73. The summed E-state index contributed by atoms with van der Waals surface area (Å²) < 4.78 is 0. The van der Waals surface area contributed by atoms with Gasteiger partial charge in [0.25, 0.3) is 0 Å². The third kappa shape index (κ3) is 4.18. The minimum atomic E-state index is 0.695. The first-order valence-corrected chi connectivity index (χ1v) is 10.8. The first-order valence-electron chi connectivity index (χ1n) is 10.8. The lowest BCUT2D eigenvalue weighted by atomic mass is 9.96. The van der Waals surface area contributed by atoms with E-state index in [1.807, 2.05) is 32.2 Å². The van der Waals surface area contributed by atoms with Crippen molar-refractivity contribution < 1.29 is 0 Å². The molecule has 3 nitrogen and oxygen atoms in total. The summed E-state index contributed by atoms with van der Waals surface area (Å²) in [4.78, 5) is 10.1. The van der Waals surface area contributed by atoms with Crippen LogP contribution in [0.1, 0.15) is 38.9 Å². The quantitative estimate of drug-likeness (QED) is 0.354. The molecule has 0 fully saturated rings. The van der Waals surface area contributed by atoms with Crippen LogP contribution in [0.5, 0.6) is 0 Å². The lowest BCUT2D eigenvalue weighted by molar-refractivity contribution is 1.19. The van der Waals surface area contributed by atoms with Crippen LogP contribution in [0.25, 0.3) is 33.8 Å². The lowest BCUT2D eigenvalue weighted by Gasteiger charge is -2.15. The third-order valence-corrected chi connectivity index (χ3v) is 5.73. The minimum Gasteiger partial charge on any atom is -0.252 e. The molecule has 0 aliphatic heterocycles. The van der Waals surface area contributed by atoms with Gasteiger partial charge in [-0.3, -0.25) is 4.98 Å². The summed E-state index contributed by atoms with van der Waals surface area (Å²) in [5.74, 6) is 0. The molecule has 3 heteroatoms. The fraction of sp³-hybridized carbons (Fsp3) is 0.207. The van der Waals surface area contributed by atoms with E-state index in [9.17, 15) is 5.26 Å². The number of hydrogen-bond acceptors (Lipinski definition) is 3. The van der Waals surface area contributed by atoms with E-state index in [-0.39, 0.29) is 0 Å². The molecule has 0 bridgehead atoms. The number of aryl methyl sites for hydroxylation is 6. The molecule has 0 N–H and O–H groups in total. The molecule has 0 spiro atoms. The first-order chi connectivity index (χ1) is 15.2. The Kier molecular flexibility index (Phi) is 5.63. The standard InChI is InChI=1S/C29H27N3/c1-17-7-18(2)10-23(9-17)28-29(24-11-19(3)8-20(4)12-24)32-27(16-31-28)26-14-21(5)25(15-30)13-22(26)6/h7-14,16H,1-6H3. The van der Waals surface area contributed by atoms with Crippen LogP contribution in [0.4, 0.5) is 0 Å². The summed E-state index contributed by atoms with van der Waals surface area (Å²) in [5, 5.41) is 9.38. The monoisotopic (exact) mass is 417 g/mol. The number of aromatic nitrogens is 2. The molecule has 0 atom stereocenters. The van der Waals surface area contributed by atoms with Crippen LogP contribution in [0.15, 0.2) is 54.7 Å². The summed E-state index contributed by atoms with van der Waals surface area (Å²) >= 11 is 0. The number of nitriles is 1. The topological polar surface area (TPSA) is 49.6 Å². The molecule has 32 heavy (non-hydrogen) atoms. The van der Waals surface area contributed by atoms with E-state index in [1.54, 1.807) is 0 Å². The second-order valence-electron chi connectivity index (χ2n) is 8.80. The number of nitrogens with zero attached hydrogens (tertiary/aromatic N) is 3. The van der Waals surface area contributed by atoms with Gasteiger partial charge in [-0.25, -0.2) is 4.98 Å². The Morgan fingerprint density at radius 1 is 0.625 bits per heavy atom. The highest BCUT2D eigenvalue weighted by Gasteiger charge is 2.16. The van der Waals surface area contributed by atoms with Crippen LogP contribution in [0.2, 0.25) is 0 Å². The molecule has 4 rings (SSSR count). The Hall–Kier alpha value is -3.77. The van der Waals surface area contributed by atoms with Crippen molar-refractivity contribution in [3.63, 3.8) is 0 Å². The van der Waals surface area contributed by atoms with E-state index in [2.05, 4.69) is 70.2 Å². The zero-order valence-electron chi connectivity index (χ0n) is 19.5. The van der Waals surface area contributed by atoms with Gasteiger partial charge < -0.3 is 0 Å². The SMILES string of the molecule is Cc1cc(C)cc(-c2ncc(-c3cc(C)c(C#N)cc3C)nc2-c2cc(C)cc(C)c2)c1. The van der Waals surface area contributed by atoms with Crippen LogP contribution in [0.3, 0.4) is 0 Å². The highest BCUT2D eigenvalue weighted by molar-refractivity contribution is 5.81. The second kappa shape index (κ2) is 8.40. The predicted octanol–water partition coefficient (Wildman–Crippen LogP) is 7.20. The van der Waals surface area contributed by atoms with Gasteiger partial charge in [-0.05, 0) is 89.1 Å². The fourth-order valence-corrected chi connectivity index (χ4v) is 4.37. The molecule has 0 aliphatic rings. The predicted molar refractivity (Wildman–Crippen MR) is 131 cm³/mol. The van der Waals surface area contributed by atoms with Crippen LogP contribution in [-0.4, -0.2) is 9.97 Å². The molecule has 0 unspecified atom stereocenters. The number of rotatable bonds is 3. The molecule has 0 aliphatic carbocycles. The van der Waals surface area contributed by atoms with Crippen molar-refractivity contribution in [2.45, 2.75) is 41.5 Å². The summed E-state index contributed by atoms with van der Waals surface area (Å²) in [6.07, 6.45) is 1.85. The average molecular weight is 418 g/mol. The third-order valence-electron chi connectivity index (χ3n) is 5.73. The maximum Gasteiger partial charge on any atom is 0.0994 e. The lowest BCUT2D eigenvalue weighted by Crippen LogP contribution is -1.99. The van der Waals surface area contributed by atoms with Gasteiger partial charge >= 0.3 is 0 Å². The van der Waals surface area contributed by atoms with E-state index in [0.29, 0.717) is 5.56 Å². The Morgan fingerprint density at radius 2 is 1.16 bits per heavy atom. The van der Waals surface area contributed by atoms with E-state index in [0.717, 1.165) is 44.9 Å². The van der Waals surface area contributed by atoms with Crippen molar-refractivity contribution in [1.29, 1.82) is 5.26 Å². The molecule has 158 valence electrons. The Bertz CT molecular complexity index is 1350. The van der Waals surface area contributed by atoms with Crippen molar-refractivity contribution >= 4 is 0 Å². The Labute approximate surface area is 190 Å². The van der Waals surface area contributed by atoms with Gasteiger partial charge in [-0.15, -0.1) is 0 Å². The largest absolute Gasteiger partial charge is 0.252 e. The molecule has 1 aromatic heterocycles. The van der Waals surface area contributed by atoms with E-state index in [1.165, 1.54) is 22.3 Å². The van der Waals surface area contributed by atoms with E-state index in [4.69, 9.17) is 9.97 Å². The van der Waals surface area contributed by atoms with Crippen LogP contribution in [-0.2, 0) is 0 Å². The van der Waals surface area contributed by atoms with Crippen LogP contribution >= 0.6 is 0 Å². The summed E-state index contributed by atoms with van der Waals surface area (Å²) in [6, 6.07) is 19.3. The van der Waals surface area contributed by atoms with Gasteiger partial charge in [0, 0.05) is 16.7 Å². The van der Waals surface area contributed by atoms with Gasteiger partial charge in [0.2, 0.25) is 0 Å². The smallest absolute Gasteiger partial charge is 0.0994 e. The second-order valence-corrected chi connectivity index (χ2v) is 8.80. The Balaban J connectivity index is 1.99. The molecule has 0 radical (unpaired) electrons. The molecule has 0 amide bonds. The minimum absolute atomic E-state index is 0.695. The highest BCUT2D eigenvalue weighted by atomic mass is 14.8. The van der Waals surface area contributed by atoms with Crippen molar-refractivity contribution in [3.05, 3.63) is 93.7 Å². The molecule has 0 saturated carbocycles. The van der Waals surface area contributed by atoms with Gasteiger partial charge in [-0.1, -0.05) is 34.4 Å². The molecule has 0 saturated heterocycles. The van der Waals surface area contributed by atoms with Gasteiger partial charge in [0.05, 0.1) is 34.9 Å². The van der Waals surface area contributed by atoms with Crippen molar-refractivity contribution in [3.8, 4) is 39.8 Å². The van der Waals surface area contributed by atoms with E-state index >= 15 is 0 Å². The van der Waals surface area contributed by atoms with E-state index < -0.39 is 0 Å². The number of benzene rings is 3. The van der Waals surface area contributed by atoms with Crippen LogP contribution in [0, 0.1) is 52.9 Å². The van der Waals surface area contributed by atoms with Crippen LogP contribution < -0.4 is 0 Å². The van der Waals surface area contributed by atoms with Crippen molar-refractivity contribution in [2.24, 2.45) is 0 Å². The molecular formula is C29H27N3.